The third kappa shape index (κ3) is 4.71. The predicted molar refractivity (Wildman–Crippen MR) is 104 cm³/mol. The zero-order chi connectivity index (χ0) is 19.4. The number of amides is 1. The number of carbonyl (C=O) groups is 1. The van der Waals surface area contributed by atoms with Crippen LogP contribution in [0.2, 0.25) is 0 Å². The van der Waals surface area contributed by atoms with Gasteiger partial charge in [0.15, 0.2) is 0 Å². The molecule has 0 radical (unpaired) electrons. The van der Waals surface area contributed by atoms with Crippen LogP contribution in [-0.4, -0.2) is 41.2 Å². The molecule has 142 valence electrons. The molecule has 0 fully saturated rings. The lowest BCUT2D eigenvalue weighted by Gasteiger charge is -2.15. The molecule has 2 aromatic carbocycles. The maximum absolute atomic E-state index is 13.1. The number of halogens is 1. The van der Waals surface area contributed by atoms with Crippen LogP contribution in [0.3, 0.4) is 0 Å². The second kappa shape index (κ2) is 8.30. The van der Waals surface area contributed by atoms with Gasteiger partial charge in [-0.15, -0.1) is 0 Å². The van der Waals surface area contributed by atoms with E-state index < -0.39 is 6.10 Å². The van der Waals surface area contributed by atoms with Gasteiger partial charge in [-0.05, 0) is 41.8 Å². The topological polar surface area (TPSA) is 117 Å². The van der Waals surface area contributed by atoms with Crippen molar-refractivity contribution in [1.82, 2.24) is 10.3 Å². The van der Waals surface area contributed by atoms with Crippen LogP contribution in [0.15, 0.2) is 48.5 Å². The number of aliphatic hydroxyl groups excluding tert-OH is 1. The van der Waals surface area contributed by atoms with E-state index in [-0.39, 0.29) is 30.9 Å². The Bertz CT molecular complexity index is 923. The van der Waals surface area contributed by atoms with Gasteiger partial charge < -0.3 is 26.9 Å². The summed E-state index contributed by atoms with van der Waals surface area (Å²) in [5, 5.41) is 13.1. The van der Waals surface area contributed by atoms with Gasteiger partial charge in [-0.25, -0.2) is 4.39 Å². The molecule has 0 aliphatic rings. The highest BCUT2D eigenvalue weighted by atomic mass is 19.1. The summed E-state index contributed by atoms with van der Waals surface area (Å²) in [7, 11) is 0. The van der Waals surface area contributed by atoms with Gasteiger partial charge in [0.2, 0.25) is 0 Å². The molecule has 0 aliphatic heterocycles. The molecule has 3 rings (SSSR count). The normalized spacial score (nSPS) is 13.5. The Kier molecular flexibility index (Phi) is 5.85. The van der Waals surface area contributed by atoms with E-state index in [2.05, 4.69) is 10.3 Å². The van der Waals surface area contributed by atoms with E-state index in [1.807, 2.05) is 18.2 Å². The predicted octanol–water partition coefficient (Wildman–Crippen LogP) is 1.74. The number of aliphatic hydroxyl groups is 1. The average Bonchev–Trinajstić information content (AvgIpc) is 3.10. The fourth-order valence-electron chi connectivity index (χ4n) is 2.92. The molecule has 0 saturated heterocycles. The Labute approximate surface area is 156 Å². The summed E-state index contributed by atoms with van der Waals surface area (Å²) >= 11 is 0. The Morgan fingerprint density at radius 3 is 2.56 bits per heavy atom. The maximum atomic E-state index is 13.1. The molecule has 0 bridgehead atoms. The van der Waals surface area contributed by atoms with Crippen LogP contribution in [0.4, 0.5) is 4.39 Å². The average molecular weight is 370 g/mol. The van der Waals surface area contributed by atoms with Crippen LogP contribution in [-0.2, 0) is 0 Å². The molecule has 7 N–H and O–H groups in total. The highest BCUT2D eigenvalue weighted by Crippen LogP contribution is 2.25. The molecule has 3 aromatic rings. The summed E-state index contributed by atoms with van der Waals surface area (Å²) in [6.07, 6.45) is -0.348. The van der Waals surface area contributed by atoms with Crippen molar-refractivity contribution in [2.75, 3.05) is 13.1 Å². The van der Waals surface area contributed by atoms with Crippen molar-refractivity contribution in [2.45, 2.75) is 18.6 Å². The van der Waals surface area contributed by atoms with Crippen LogP contribution in [0.1, 0.15) is 16.9 Å². The van der Waals surface area contributed by atoms with E-state index in [1.165, 1.54) is 12.1 Å². The summed E-state index contributed by atoms with van der Waals surface area (Å²) < 4.78 is 13.1. The number of benzene rings is 2. The zero-order valence-electron chi connectivity index (χ0n) is 14.8. The minimum atomic E-state index is -0.671. The van der Waals surface area contributed by atoms with Crippen LogP contribution in [0, 0.1) is 5.82 Å². The third-order valence-electron chi connectivity index (χ3n) is 4.42. The smallest absolute Gasteiger partial charge is 0.267 e. The first-order chi connectivity index (χ1) is 13.0. The van der Waals surface area contributed by atoms with E-state index in [1.54, 1.807) is 18.2 Å². The van der Waals surface area contributed by atoms with Gasteiger partial charge in [0.1, 0.15) is 11.5 Å². The molecule has 7 heteroatoms. The number of hydrogen-bond donors (Lipinski definition) is 5. The fourth-order valence-corrected chi connectivity index (χ4v) is 2.92. The molecule has 2 atom stereocenters. The molecular formula is C20H23FN4O2. The minimum absolute atomic E-state index is 0.139. The van der Waals surface area contributed by atoms with Gasteiger partial charge >= 0.3 is 0 Å². The van der Waals surface area contributed by atoms with Gasteiger partial charge in [-0.3, -0.25) is 4.79 Å². The number of nitrogens with two attached hydrogens (primary N) is 2. The monoisotopic (exact) mass is 370 g/mol. The molecule has 0 saturated carbocycles. The van der Waals surface area contributed by atoms with Crippen LogP contribution >= 0.6 is 0 Å². The summed E-state index contributed by atoms with van der Waals surface area (Å²) in [4.78, 5) is 15.4. The fraction of sp³-hybridized carbons (Fsp3) is 0.250. The van der Waals surface area contributed by atoms with Gasteiger partial charge in [0.05, 0.1) is 6.10 Å². The van der Waals surface area contributed by atoms with Gasteiger partial charge in [-0.1, -0.05) is 24.3 Å². The van der Waals surface area contributed by atoms with Crippen LogP contribution in [0.5, 0.6) is 0 Å². The molecular weight excluding hydrogens is 347 g/mol. The minimum Gasteiger partial charge on any atom is -0.392 e. The van der Waals surface area contributed by atoms with E-state index in [0.29, 0.717) is 12.1 Å². The molecule has 6 nitrogen and oxygen atoms in total. The maximum Gasteiger partial charge on any atom is 0.267 e. The van der Waals surface area contributed by atoms with Crippen molar-refractivity contribution < 1.29 is 14.3 Å². The number of aromatic amines is 1. The molecule has 1 heterocycles. The third-order valence-corrected chi connectivity index (χ3v) is 4.42. The largest absolute Gasteiger partial charge is 0.392 e. The number of hydrogen-bond acceptors (Lipinski definition) is 4. The molecule has 1 amide bonds. The lowest BCUT2D eigenvalue weighted by molar-refractivity contribution is 0.0941. The number of fused-ring (bicyclic) bond motifs is 1. The lowest BCUT2D eigenvalue weighted by atomic mass is 10.0. The number of H-pyrrole nitrogens is 1. The second-order valence-corrected chi connectivity index (χ2v) is 6.59. The van der Waals surface area contributed by atoms with Gasteiger partial charge in [-0.2, -0.15) is 0 Å². The lowest BCUT2D eigenvalue weighted by Crippen LogP contribution is -2.40. The quantitative estimate of drug-likeness (QED) is 0.435. The van der Waals surface area contributed by atoms with Gasteiger partial charge in [0, 0.05) is 30.0 Å². The Balaban J connectivity index is 1.70. The van der Waals surface area contributed by atoms with Crippen molar-refractivity contribution in [3.05, 3.63) is 60.0 Å². The second-order valence-electron chi connectivity index (χ2n) is 6.59. The summed E-state index contributed by atoms with van der Waals surface area (Å²) in [5.74, 6) is -0.553. The summed E-state index contributed by atoms with van der Waals surface area (Å²) in [5.41, 5.74) is 14.3. The number of carbonyl (C=O) groups excluding carboxylic acids is 1. The van der Waals surface area contributed by atoms with Gasteiger partial charge in [0.25, 0.3) is 5.91 Å². The zero-order valence-corrected chi connectivity index (χ0v) is 14.8. The standard InChI is InChI=1S/C20H23FN4O2/c21-15-5-3-12(4-6-15)13-1-2-14-8-19(25-18(14)7-13)20(27)24-11-16(23)9-17(26)10-22/h1-8,16-17,25-26H,9-11,22-23H2,(H,24,27)/t16-,17?/m0/s1. The van der Waals surface area contributed by atoms with Crippen molar-refractivity contribution in [2.24, 2.45) is 11.5 Å². The summed E-state index contributed by atoms with van der Waals surface area (Å²) in [6.45, 7) is 0.381. The Morgan fingerprint density at radius 2 is 1.85 bits per heavy atom. The first kappa shape index (κ1) is 19.0. The van der Waals surface area contributed by atoms with Crippen molar-refractivity contribution in [1.29, 1.82) is 0 Å². The van der Waals surface area contributed by atoms with Crippen LogP contribution < -0.4 is 16.8 Å². The van der Waals surface area contributed by atoms with E-state index in [9.17, 15) is 14.3 Å². The number of rotatable bonds is 7. The number of nitrogens with one attached hydrogen (secondary N) is 2. The van der Waals surface area contributed by atoms with Crippen molar-refractivity contribution in [3.63, 3.8) is 0 Å². The SMILES string of the molecule is NCC(O)C[C@H](N)CNC(=O)c1cc2ccc(-c3ccc(F)cc3)cc2[nH]1. The Morgan fingerprint density at radius 1 is 1.15 bits per heavy atom. The summed E-state index contributed by atoms with van der Waals surface area (Å²) in [6, 6.07) is 13.4. The molecule has 0 spiro atoms. The molecule has 1 aromatic heterocycles. The molecule has 27 heavy (non-hydrogen) atoms. The van der Waals surface area contributed by atoms with E-state index in [0.717, 1.165) is 22.0 Å². The highest BCUT2D eigenvalue weighted by Gasteiger charge is 2.13. The van der Waals surface area contributed by atoms with E-state index >= 15 is 0 Å². The van der Waals surface area contributed by atoms with Crippen LogP contribution in [0.25, 0.3) is 22.0 Å². The molecule has 1 unspecified atom stereocenters. The first-order valence-corrected chi connectivity index (χ1v) is 8.77. The van der Waals surface area contributed by atoms with Crippen molar-refractivity contribution in [3.8, 4) is 11.1 Å². The van der Waals surface area contributed by atoms with E-state index in [4.69, 9.17) is 11.5 Å². The highest BCUT2D eigenvalue weighted by molar-refractivity contribution is 5.98. The first-order valence-electron chi connectivity index (χ1n) is 8.77. The molecule has 0 aliphatic carbocycles. The number of aromatic nitrogens is 1. The van der Waals surface area contributed by atoms with Crippen molar-refractivity contribution >= 4 is 16.8 Å². The Hall–Kier alpha value is -2.74.